The van der Waals surface area contributed by atoms with Gasteiger partial charge in [0.25, 0.3) is 0 Å². The number of carbonyl (C=O) groups is 2. The van der Waals surface area contributed by atoms with Crippen molar-refractivity contribution in [3.05, 3.63) is 64.3 Å². The van der Waals surface area contributed by atoms with E-state index in [1.807, 2.05) is 0 Å². The second-order valence-corrected chi connectivity index (χ2v) is 6.98. The van der Waals surface area contributed by atoms with E-state index in [1.54, 1.807) is 50.4 Å². The third kappa shape index (κ3) is 4.31. The van der Waals surface area contributed by atoms with Crippen LogP contribution in [0.15, 0.2) is 42.5 Å². The lowest BCUT2D eigenvalue weighted by molar-refractivity contribution is -0.144. The second-order valence-electron chi connectivity index (χ2n) is 5.93. The zero-order chi connectivity index (χ0) is 20.1. The minimum atomic E-state index is -0.552. The minimum Gasteiger partial charge on any atom is -0.497 e. The van der Waals surface area contributed by atoms with Gasteiger partial charge in [0.15, 0.2) is 0 Å². The fraction of sp³-hybridized carbons (Fsp3) is 0.238. The number of rotatable bonds is 7. The first-order chi connectivity index (χ1) is 13.5. The maximum atomic E-state index is 14.4. The third-order valence-electron chi connectivity index (χ3n) is 4.11. The smallest absolute Gasteiger partial charge is 0.348 e. The van der Waals surface area contributed by atoms with Crippen molar-refractivity contribution in [2.75, 3.05) is 13.7 Å². The Hall–Kier alpha value is -2.93. The van der Waals surface area contributed by atoms with Crippen LogP contribution < -0.4 is 4.74 Å². The molecule has 0 saturated heterocycles. The molecule has 0 N–H and O–H groups in total. The molecule has 0 bridgehead atoms. The van der Waals surface area contributed by atoms with Gasteiger partial charge in [-0.2, -0.15) is 0 Å². The van der Waals surface area contributed by atoms with Gasteiger partial charge >= 0.3 is 11.9 Å². The van der Waals surface area contributed by atoms with E-state index in [9.17, 15) is 14.0 Å². The van der Waals surface area contributed by atoms with E-state index in [0.717, 1.165) is 16.9 Å². The van der Waals surface area contributed by atoms with E-state index in [2.05, 4.69) is 0 Å². The minimum absolute atomic E-state index is 0.0588. The number of benzene rings is 2. The molecule has 3 rings (SSSR count). The van der Waals surface area contributed by atoms with Crippen LogP contribution in [0.4, 0.5) is 4.39 Å². The van der Waals surface area contributed by atoms with E-state index in [1.165, 1.54) is 6.07 Å². The van der Waals surface area contributed by atoms with E-state index in [0.29, 0.717) is 16.0 Å². The molecule has 0 aliphatic heterocycles. The molecule has 0 fully saturated rings. The summed E-state index contributed by atoms with van der Waals surface area (Å²) in [5.41, 5.74) is 1.09. The predicted molar refractivity (Wildman–Crippen MR) is 104 cm³/mol. The van der Waals surface area contributed by atoms with Gasteiger partial charge in [-0.15, -0.1) is 11.3 Å². The standard InChI is InChI=1S/C21H19FO5S/c1-3-26-21(24)20-15(19-16(22)5-4-6-17(19)28-20)12-27-18(23)11-13-7-9-14(25-2)10-8-13/h4-10H,3,11-12H2,1-2H3. The molecule has 146 valence electrons. The molecular weight excluding hydrogens is 383 g/mol. The number of fused-ring (bicyclic) bond motifs is 1. The molecule has 0 aliphatic rings. The normalized spacial score (nSPS) is 10.7. The average molecular weight is 402 g/mol. The summed E-state index contributed by atoms with van der Waals surface area (Å²) in [5.74, 6) is -0.804. The zero-order valence-electron chi connectivity index (χ0n) is 15.5. The lowest BCUT2D eigenvalue weighted by atomic mass is 10.1. The van der Waals surface area contributed by atoms with Crippen LogP contribution in [0.2, 0.25) is 0 Å². The molecule has 0 unspecified atom stereocenters. The molecule has 3 aromatic rings. The topological polar surface area (TPSA) is 61.8 Å². The summed E-state index contributed by atoms with van der Waals surface area (Å²) in [7, 11) is 1.56. The molecule has 0 amide bonds. The van der Waals surface area contributed by atoms with Crippen LogP contribution in [-0.2, 0) is 27.3 Å². The Morgan fingerprint density at radius 3 is 2.50 bits per heavy atom. The molecule has 5 nitrogen and oxygen atoms in total. The number of hydrogen-bond donors (Lipinski definition) is 0. The third-order valence-corrected chi connectivity index (χ3v) is 5.29. The molecule has 1 aromatic heterocycles. The quantitative estimate of drug-likeness (QED) is 0.544. The Kier molecular flexibility index (Phi) is 6.26. The Labute approximate surface area is 165 Å². The van der Waals surface area contributed by atoms with Crippen LogP contribution in [0.5, 0.6) is 5.75 Å². The monoisotopic (exact) mass is 402 g/mol. The highest BCUT2D eigenvalue weighted by Gasteiger charge is 2.22. The summed E-state index contributed by atoms with van der Waals surface area (Å²) in [6, 6.07) is 11.6. The molecule has 0 spiro atoms. The van der Waals surface area contributed by atoms with E-state index in [4.69, 9.17) is 14.2 Å². The number of ether oxygens (including phenoxy) is 3. The zero-order valence-corrected chi connectivity index (χ0v) is 16.3. The van der Waals surface area contributed by atoms with Crippen LogP contribution in [-0.4, -0.2) is 25.7 Å². The SMILES string of the molecule is CCOC(=O)c1sc2cccc(F)c2c1COC(=O)Cc1ccc(OC)cc1. The van der Waals surface area contributed by atoms with Crippen LogP contribution in [0, 0.1) is 5.82 Å². The van der Waals surface area contributed by atoms with Crippen molar-refractivity contribution in [1.29, 1.82) is 0 Å². The van der Waals surface area contributed by atoms with Gasteiger partial charge in [-0.05, 0) is 36.8 Å². The van der Waals surface area contributed by atoms with Crippen molar-refractivity contribution in [2.45, 2.75) is 20.0 Å². The molecule has 28 heavy (non-hydrogen) atoms. The van der Waals surface area contributed by atoms with Gasteiger partial charge in [0.05, 0.1) is 20.1 Å². The van der Waals surface area contributed by atoms with E-state index >= 15 is 0 Å². The predicted octanol–water partition coefficient (Wildman–Crippen LogP) is 4.51. The summed E-state index contributed by atoms with van der Waals surface area (Å²) < 4.78 is 30.4. The van der Waals surface area contributed by atoms with Crippen molar-refractivity contribution in [3.8, 4) is 5.75 Å². The largest absolute Gasteiger partial charge is 0.497 e. The van der Waals surface area contributed by atoms with Crippen molar-refractivity contribution in [3.63, 3.8) is 0 Å². The van der Waals surface area contributed by atoms with Crippen molar-refractivity contribution >= 4 is 33.4 Å². The van der Waals surface area contributed by atoms with Gasteiger partial charge in [-0.3, -0.25) is 4.79 Å². The van der Waals surface area contributed by atoms with Gasteiger partial charge in [0, 0.05) is 15.6 Å². The lowest BCUT2D eigenvalue weighted by Gasteiger charge is -2.08. The summed E-state index contributed by atoms with van der Waals surface area (Å²) in [5, 5.41) is 0.285. The number of esters is 2. The highest BCUT2D eigenvalue weighted by atomic mass is 32.1. The maximum absolute atomic E-state index is 14.4. The fourth-order valence-corrected chi connectivity index (χ4v) is 3.90. The Morgan fingerprint density at radius 1 is 1.07 bits per heavy atom. The lowest BCUT2D eigenvalue weighted by Crippen LogP contribution is -2.11. The molecule has 1 heterocycles. The second kappa shape index (κ2) is 8.84. The van der Waals surface area contributed by atoms with Gasteiger partial charge in [-0.1, -0.05) is 18.2 Å². The van der Waals surface area contributed by atoms with Crippen LogP contribution >= 0.6 is 11.3 Å². The summed E-state index contributed by atoms with van der Waals surface area (Å²) in [6.45, 7) is 1.69. The van der Waals surface area contributed by atoms with Crippen LogP contribution in [0.3, 0.4) is 0 Å². The number of hydrogen-bond acceptors (Lipinski definition) is 6. The summed E-state index contributed by atoms with van der Waals surface area (Å²) >= 11 is 1.13. The van der Waals surface area contributed by atoms with Crippen molar-refractivity contribution < 1.29 is 28.2 Å². The molecule has 0 saturated carbocycles. The van der Waals surface area contributed by atoms with Crippen LogP contribution in [0.1, 0.15) is 27.7 Å². The Morgan fingerprint density at radius 2 is 1.82 bits per heavy atom. The number of thiophene rings is 1. The van der Waals surface area contributed by atoms with Gasteiger partial charge < -0.3 is 14.2 Å². The average Bonchev–Trinajstić information content (AvgIpc) is 3.07. The number of halogens is 1. The highest BCUT2D eigenvalue weighted by Crippen LogP contribution is 2.34. The first-order valence-corrected chi connectivity index (χ1v) is 9.50. The maximum Gasteiger partial charge on any atom is 0.348 e. The summed E-state index contributed by atoms with van der Waals surface area (Å²) in [6.07, 6.45) is 0.0588. The molecule has 0 aliphatic carbocycles. The van der Waals surface area contributed by atoms with Gasteiger partial charge in [0.2, 0.25) is 0 Å². The Balaban J connectivity index is 1.79. The van der Waals surface area contributed by atoms with Crippen LogP contribution in [0.25, 0.3) is 10.1 Å². The molecular formula is C21H19FO5S. The first kappa shape index (κ1) is 19.8. The molecule has 7 heteroatoms. The molecule has 0 radical (unpaired) electrons. The number of carbonyl (C=O) groups excluding carboxylic acids is 2. The van der Waals surface area contributed by atoms with E-state index < -0.39 is 17.8 Å². The molecule has 2 aromatic carbocycles. The van der Waals surface area contributed by atoms with Gasteiger partial charge in [0.1, 0.15) is 23.1 Å². The van der Waals surface area contributed by atoms with Crippen molar-refractivity contribution in [2.24, 2.45) is 0 Å². The highest BCUT2D eigenvalue weighted by molar-refractivity contribution is 7.21. The molecule has 0 atom stereocenters. The van der Waals surface area contributed by atoms with E-state index in [-0.39, 0.29) is 29.9 Å². The van der Waals surface area contributed by atoms with Crippen molar-refractivity contribution in [1.82, 2.24) is 0 Å². The number of methoxy groups -OCH3 is 1. The fourth-order valence-electron chi connectivity index (χ4n) is 2.78. The Bertz CT molecular complexity index is 994. The summed E-state index contributed by atoms with van der Waals surface area (Å²) in [4.78, 5) is 24.7. The first-order valence-electron chi connectivity index (χ1n) is 8.69. The van der Waals surface area contributed by atoms with Gasteiger partial charge in [-0.25, -0.2) is 9.18 Å².